The second kappa shape index (κ2) is 23.5. The molecule has 2 aliphatic rings. The van der Waals surface area contributed by atoms with E-state index >= 15 is 0 Å². The van der Waals surface area contributed by atoms with E-state index in [1.807, 2.05) is 0 Å². The standard InChI is InChI=1S/2C5H6.4CH3.Ti/c2*1-2-4-5-3-1;;;;;/h2*1-4H,5H2;4*1H3;/q;;4*-1;+4. The summed E-state index contributed by atoms with van der Waals surface area (Å²) in [6.07, 6.45) is 19.0. The van der Waals surface area contributed by atoms with Crippen LogP contribution >= 0.6 is 0 Å². The molecule has 0 N–H and O–H groups in total. The fourth-order valence-corrected chi connectivity index (χ4v) is 0.786. The van der Waals surface area contributed by atoms with Gasteiger partial charge in [0, 0.05) is 0 Å². The zero-order chi connectivity index (χ0) is 7.07. The van der Waals surface area contributed by atoms with Crippen LogP contribution in [0.3, 0.4) is 0 Å². The molecular weight excluding hydrogens is 216 g/mol. The topological polar surface area (TPSA) is 0 Å². The van der Waals surface area contributed by atoms with Gasteiger partial charge in [-0.1, -0.05) is 48.6 Å². The summed E-state index contributed by atoms with van der Waals surface area (Å²) < 4.78 is 0. The zero-order valence-corrected chi connectivity index (χ0v) is 12.1. The molecule has 0 aromatic carbocycles. The normalized spacial score (nSPS) is 11.7. The van der Waals surface area contributed by atoms with E-state index in [2.05, 4.69) is 48.6 Å². The summed E-state index contributed by atoms with van der Waals surface area (Å²) in [7, 11) is 0. The van der Waals surface area contributed by atoms with Crippen molar-refractivity contribution in [3.05, 3.63) is 78.3 Å². The van der Waals surface area contributed by atoms with Crippen molar-refractivity contribution in [2.75, 3.05) is 0 Å². The van der Waals surface area contributed by atoms with E-state index in [9.17, 15) is 0 Å². The van der Waals surface area contributed by atoms with Gasteiger partial charge >= 0.3 is 21.7 Å². The van der Waals surface area contributed by atoms with Crippen LogP contribution in [0.25, 0.3) is 0 Å². The summed E-state index contributed by atoms with van der Waals surface area (Å²) in [5.41, 5.74) is 0. The van der Waals surface area contributed by atoms with Crippen molar-refractivity contribution in [2.45, 2.75) is 12.8 Å². The summed E-state index contributed by atoms with van der Waals surface area (Å²) in [6.45, 7) is 0. The van der Waals surface area contributed by atoms with Gasteiger partial charge in [-0.15, -0.1) is 0 Å². The van der Waals surface area contributed by atoms with Gasteiger partial charge in [-0.25, -0.2) is 0 Å². The summed E-state index contributed by atoms with van der Waals surface area (Å²) in [4.78, 5) is 0. The molecule has 0 atom stereocenters. The summed E-state index contributed by atoms with van der Waals surface area (Å²) in [5.74, 6) is 0. The molecule has 0 aromatic heterocycles. The maximum absolute atomic E-state index is 2.12. The van der Waals surface area contributed by atoms with Crippen LogP contribution in [0.1, 0.15) is 12.8 Å². The van der Waals surface area contributed by atoms with Crippen LogP contribution in [0.15, 0.2) is 48.6 Å². The predicted octanol–water partition coefficient (Wildman–Crippen LogP) is 4.80. The monoisotopic (exact) mass is 240 g/mol. The van der Waals surface area contributed by atoms with Crippen LogP contribution in [0.5, 0.6) is 0 Å². The van der Waals surface area contributed by atoms with Gasteiger partial charge in [0.05, 0.1) is 0 Å². The van der Waals surface area contributed by atoms with E-state index in [4.69, 9.17) is 0 Å². The smallest absolute Gasteiger partial charge is 0.358 e. The molecule has 84 valence electrons. The Balaban J connectivity index is -0.0000000333. The van der Waals surface area contributed by atoms with Gasteiger partial charge in [-0.2, -0.15) is 0 Å². The molecule has 0 amide bonds. The van der Waals surface area contributed by atoms with Crippen molar-refractivity contribution >= 4 is 0 Å². The number of hydrogen-bond acceptors (Lipinski definition) is 0. The SMILES string of the molecule is C1=CCC=C1.C1=CCC=C1.[CH3-].[CH3-].[CH3-].[CH3-].[Ti+4]. The van der Waals surface area contributed by atoms with E-state index in [1.165, 1.54) is 0 Å². The average Bonchev–Trinajstić information content (AvgIpc) is 2.67. The van der Waals surface area contributed by atoms with Gasteiger partial charge in [0.2, 0.25) is 0 Å². The van der Waals surface area contributed by atoms with Crippen molar-refractivity contribution < 1.29 is 21.7 Å². The largest absolute Gasteiger partial charge is 4.00 e. The third-order valence-electron chi connectivity index (χ3n) is 1.31. The van der Waals surface area contributed by atoms with Crippen molar-refractivity contribution in [2.24, 2.45) is 0 Å². The Labute approximate surface area is 113 Å². The summed E-state index contributed by atoms with van der Waals surface area (Å²) in [6, 6.07) is 0. The average molecular weight is 240 g/mol. The number of hydrogen-bond donors (Lipinski definition) is 0. The fraction of sp³-hybridized carbons (Fsp3) is 0.143. The van der Waals surface area contributed by atoms with Crippen LogP contribution in [-0.2, 0) is 21.7 Å². The molecule has 0 fully saturated rings. The fourth-order valence-electron chi connectivity index (χ4n) is 0.786. The molecule has 0 spiro atoms. The van der Waals surface area contributed by atoms with E-state index in [0.29, 0.717) is 0 Å². The number of rotatable bonds is 0. The molecule has 15 heavy (non-hydrogen) atoms. The molecule has 0 nitrogen and oxygen atoms in total. The Morgan fingerprint density at radius 2 is 0.667 bits per heavy atom. The Bertz CT molecular complexity index is 144. The quantitative estimate of drug-likeness (QED) is 0.421. The first-order chi connectivity index (χ1) is 5.00. The van der Waals surface area contributed by atoms with Crippen LogP contribution in [-0.4, -0.2) is 0 Å². The molecule has 0 saturated carbocycles. The minimum Gasteiger partial charge on any atom is -0.358 e. The first kappa shape index (κ1) is 29.3. The molecule has 2 aliphatic carbocycles. The van der Waals surface area contributed by atoms with E-state index in [-0.39, 0.29) is 51.4 Å². The van der Waals surface area contributed by atoms with Crippen molar-refractivity contribution in [3.8, 4) is 0 Å². The Morgan fingerprint density at radius 1 is 0.467 bits per heavy atom. The summed E-state index contributed by atoms with van der Waals surface area (Å²) in [5, 5.41) is 0. The summed E-state index contributed by atoms with van der Waals surface area (Å²) >= 11 is 0. The van der Waals surface area contributed by atoms with Crippen molar-refractivity contribution in [3.63, 3.8) is 0 Å². The maximum Gasteiger partial charge on any atom is 4.00 e. The van der Waals surface area contributed by atoms with Gasteiger partial charge in [0.1, 0.15) is 0 Å². The first-order valence-corrected chi connectivity index (χ1v) is 3.63. The van der Waals surface area contributed by atoms with Gasteiger partial charge in [-0.3, -0.25) is 0 Å². The molecule has 1 heteroatoms. The molecule has 0 radical (unpaired) electrons. The zero-order valence-electron chi connectivity index (χ0n) is 10.5. The van der Waals surface area contributed by atoms with E-state index < -0.39 is 0 Å². The molecule has 0 saturated heterocycles. The van der Waals surface area contributed by atoms with Crippen molar-refractivity contribution in [1.82, 2.24) is 0 Å². The van der Waals surface area contributed by atoms with E-state index in [1.54, 1.807) is 0 Å². The first-order valence-electron chi connectivity index (χ1n) is 3.63. The molecule has 0 bridgehead atoms. The predicted molar refractivity (Wildman–Crippen MR) is 71.5 cm³/mol. The van der Waals surface area contributed by atoms with Crippen LogP contribution in [0.4, 0.5) is 0 Å². The van der Waals surface area contributed by atoms with Gasteiger partial charge in [0.25, 0.3) is 0 Å². The molecule has 2 rings (SSSR count). The third-order valence-corrected chi connectivity index (χ3v) is 1.31. The minimum absolute atomic E-state index is 0. The number of allylic oxidation sites excluding steroid dienone is 8. The Kier molecular flexibility index (Phi) is 45.9. The molecule has 0 aliphatic heterocycles. The van der Waals surface area contributed by atoms with Crippen molar-refractivity contribution in [1.29, 1.82) is 0 Å². The molecule has 0 unspecified atom stereocenters. The van der Waals surface area contributed by atoms with E-state index in [0.717, 1.165) is 12.8 Å². The van der Waals surface area contributed by atoms with Crippen LogP contribution in [0.2, 0.25) is 0 Å². The Morgan fingerprint density at radius 3 is 0.733 bits per heavy atom. The maximum atomic E-state index is 2.12. The second-order valence-electron chi connectivity index (χ2n) is 2.18. The third kappa shape index (κ3) is 19.9. The molecular formula is C14H24Ti. The molecule has 0 aromatic rings. The molecule has 0 heterocycles. The van der Waals surface area contributed by atoms with Gasteiger partial charge in [0.15, 0.2) is 0 Å². The Hall–Kier alpha value is -0.326. The minimum atomic E-state index is 0. The van der Waals surface area contributed by atoms with Crippen LogP contribution in [0, 0.1) is 29.7 Å². The second-order valence-corrected chi connectivity index (χ2v) is 2.18. The van der Waals surface area contributed by atoms with Gasteiger partial charge < -0.3 is 29.7 Å². The van der Waals surface area contributed by atoms with Crippen LogP contribution < -0.4 is 0 Å². The van der Waals surface area contributed by atoms with Gasteiger partial charge in [-0.05, 0) is 12.8 Å².